The number of hydrogen-bond acceptors (Lipinski definition) is 5. The van der Waals surface area contributed by atoms with Crippen molar-refractivity contribution in [2.24, 2.45) is 4.99 Å². The molecule has 1 aromatic rings. The maximum Gasteiger partial charge on any atom is 0.234 e. The number of methoxy groups -OCH3 is 1. The van der Waals surface area contributed by atoms with Gasteiger partial charge in [0.1, 0.15) is 12.4 Å². The van der Waals surface area contributed by atoms with Gasteiger partial charge in [0.05, 0.1) is 19.7 Å². The molecule has 1 heterocycles. The number of nitrogens with one attached hydrogen (secondary N) is 2. The molecule has 1 amide bonds. The second-order valence-corrected chi connectivity index (χ2v) is 7.62. The Hall–Kier alpha value is -1.59. The predicted octanol–water partition coefficient (Wildman–Crippen LogP) is 1.76. The zero-order valence-electron chi connectivity index (χ0n) is 19.2. The van der Waals surface area contributed by atoms with E-state index in [9.17, 15) is 4.79 Å². The molecule has 0 unspecified atom stereocenters. The Bertz CT molecular complexity index is 679. The van der Waals surface area contributed by atoms with Crippen LogP contribution in [0.3, 0.4) is 0 Å². The molecule has 0 aromatic heterocycles. The second kappa shape index (κ2) is 15.3. The van der Waals surface area contributed by atoms with E-state index in [-0.39, 0.29) is 29.9 Å². The Balaban J connectivity index is 0.00000480. The van der Waals surface area contributed by atoms with Crippen LogP contribution < -0.4 is 15.4 Å². The van der Waals surface area contributed by atoms with Crippen molar-refractivity contribution in [2.75, 3.05) is 73.2 Å². The molecule has 0 aliphatic carbocycles. The first-order valence-electron chi connectivity index (χ1n) is 10.7. The van der Waals surface area contributed by atoms with E-state index in [1.54, 1.807) is 14.2 Å². The molecule has 0 radical (unpaired) electrons. The summed E-state index contributed by atoms with van der Waals surface area (Å²) in [5, 5.41) is 6.25. The van der Waals surface area contributed by atoms with Gasteiger partial charge in [0.15, 0.2) is 5.96 Å². The molecule has 0 spiro atoms. The highest BCUT2D eigenvalue weighted by atomic mass is 127. The van der Waals surface area contributed by atoms with Gasteiger partial charge in [-0.05, 0) is 17.5 Å². The van der Waals surface area contributed by atoms with Crippen molar-refractivity contribution < 1.29 is 14.3 Å². The Labute approximate surface area is 203 Å². The fourth-order valence-corrected chi connectivity index (χ4v) is 3.41. The molecular weight excluding hydrogens is 509 g/mol. The van der Waals surface area contributed by atoms with Crippen molar-refractivity contribution in [3.05, 3.63) is 29.8 Å². The van der Waals surface area contributed by atoms with Gasteiger partial charge in [-0.3, -0.25) is 14.7 Å². The van der Waals surface area contributed by atoms with E-state index in [2.05, 4.69) is 45.3 Å². The molecule has 1 aliphatic heterocycles. The third kappa shape index (κ3) is 9.61. The van der Waals surface area contributed by atoms with Crippen LogP contribution in [-0.4, -0.2) is 94.9 Å². The predicted molar refractivity (Wildman–Crippen MR) is 136 cm³/mol. The Morgan fingerprint density at radius 1 is 1.10 bits per heavy atom. The Morgan fingerprint density at radius 2 is 1.77 bits per heavy atom. The number of ether oxygens (including phenoxy) is 2. The highest BCUT2D eigenvalue weighted by Gasteiger charge is 2.21. The van der Waals surface area contributed by atoms with Crippen LogP contribution in [0, 0.1) is 0 Å². The van der Waals surface area contributed by atoms with Crippen molar-refractivity contribution in [1.82, 2.24) is 20.4 Å². The van der Waals surface area contributed by atoms with Crippen molar-refractivity contribution in [3.8, 4) is 5.75 Å². The van der Waals surface area contributed by atoms with Crippen LogP contribution in [0.15, 0.2) is 29.3 Å². The third-order valence-electron chi connectivity index (χ3n) is 5.06. The van der Waals surface area contributed by atoms with Crippen molar-refractivity contribution in [3.63, 3.8) is 0 Å². The van der Waals surface area contributed by atoms with Crippen molar-refractivity contribution >= 4 is 35.8 Å². The Kier molecular flexibility index (Phi) is 13.5. The molecule has 0 saturated carbocycles. The van der Waals surface area contributed by atoms with Crippen LogP contribution in [0.1, 0.15) is 25.3 Å². The van der Waals surface area contributed by atoms with Crippen LogP contribution in [0.5, 0.6) is 5.75 Å². The van der Waals surface area contributed by atoms with Gasteiger partial charge in [-0.25, -0.2) is 0 Å². The number of aliphatic imine (C=N–C) groups is 1. The van der Waals surface area contributed by atoms with Crippen LogP contribution in [0.4, 0.5) is 0 Å². The summed E-state index contributed by atoms with van der Waals surface area (Å²) < 4.78 is 10.9. The summed E-state index contributed by atoms with van der Waals surface area (Å²) in [4.78, 5) is 20.7. The minimum atomic E-state index is 0. The van der Waals surface area contributed by atoms with E-state index in [1.165, 1.54) is 5.56 Å². The molecule has 1 fully saturated rings. The molecule has 1 aliphatic rings. The standard InChI is InChI=1S/C22H37N5O3.HI/c1-18(2)19-7-5-6-8-20(19)30-16-10-25-22(23-3)27-13-11-26(12-14-27)17-21(28)24-9-15-29-4;/h5-8,18H,9-17H2,1-4H3,(H,23,25)(H,24,28);1H. The summed E-state index contributed by atoms with van der Waals surface area (Å²) in [6, 6.07) is 8.19. The van der Waals surface area contributed by atoms with E-state index in [4.69, 9.17) is 9.47 Å². The third-order valence-corrected chi connectivity index (χ3v) is 5.06. The minimum Gasteiger partial charge on any atom is -0.491 e. The van der Waals surface area contributed by atoms with Crippen LogP contribution in [0.2, 0.25) is 0 Å². The van der Waals surface area contributed by atoms with Crippen LogP contribution >= 0.6 is 24.0 Å². The lowest BCUT2D eigenvalue weighted by Gasteiger charge is -2.36. The van der Waals surface area contributed by atoms with Gasteiger partial charge in [0.2, 0.25) is 5.91 Å². The molecule has 0 bridgehead atoms. The number of halogens is 1. The zero-order valence-corrected chi connectivity index (χ0v) is 21.6. The van der Waals surface area contributed by atoms with Gasteiger partial charge >= 0.3 is 0 Å². The fourth-order valence-electron chi connectivity index (χ4n) is 3.41. The van der Waals surface area contributed by atoms with E-state index in [1.807, 2.05) is 18.2 Å². The molecule has 31 heavy (non-hydrogen) atoms. The number of amides is 1. The number of carbonyl (C=O) groups is 1. The summed E-state index contributed by atoms with van der Waals surface area (Å²) in [5.41, 5.74) is 1.23. The SMILES string of the molecule is CN=C(NCCOc1ccccc1C(C)C)N1CCN(CC(=O)NCCOC)CC1.I. The number of benzene rings is 1. The monoisotopic (exact) mass is 547 g/mol. The maximum absolute atomic E-state index is 11.9. The Morgan fingerprint density at radius 3 is 2.42 bits per heavy atom. The lowest BCUT2D eigenvalue weighted by Crippen LogP contribution is -2.54. The number of guanidine groups is 1. The number of rotatable bonds is 10. The summed E-state index contributed by atoms with van der Waals surface area (Å²) >= 11 is 0. The van der Waals surface area contributed by atoms with Gasteiger partial charge in [0, 0.05) is 46.9 Å². The second-order valence-electron chi connectivity index (χ2n) is 7.62. The van der Waals surface area contributed by atoms with Crippen LogP contribution in [-0.2, 0) is 9.53 Å². The van der Waals surface area contributed by atoms with Gasteiger partial charge < -0.3 is 25.0 Å². The van der Waals surface area contributed by atoms with E-state index < -0.39 is 0 Å². The number of carbonyl (C=O) groups excluding carboxylic acids is 1. The van der Waals surface area contributed by atoms with Gasteiger partial charge in [-0.2, -0.15) is 0 Å². The molecular formula is C22H38IN5O3. The molecule has 2 N–H and O–H groups in total. The van der Waals surface area contributed by atoms with Crippen molar-refractivity contribution in [2.45, 2.75) is 19.8 Å². The summed E-state index contributed by atoms with van der Waals surface area (Å²) in [5.74, 6) is 2.30. The fraction of sp³-hybridized carbons (Fsp3) is 0.636. The number of nitrogens with zero attached hydrogens (tertiary/aromatic N) is 3. The largest absolute Gasteiger partial charge is 0.491 e. The highest BCUT2D eigenvalue weighted by Crippen LogP contribution is 2.25. The molecule has 1 saturated heterocycles. The lowest BCUT2D eigenvalue weighted by molar-refractivity contribution is -0.122. The smallest absolute Gasteiger partial charge is 0.234 e. The van der Waals surface area contributed by atoms with Gasteiger partial charge in [-0.1, -0.05) is 32.0 Å². The highest BCUT2D eigenvalue weighted by molar-refractivity contribution is 14.0. The molecule has 0 atom stereocenters. The van der Waals surface area contributed by atoms with Crippen LogP contribution in [0.25, 0.3) is 0 Å². The molecule has 2 rings (SSSR count). The molecule has 1 aromatic carbocycles. The summed E-state index contributed by atoms with van der Waals surface area (Å²) in [6.07, 6.45) is 0. The number of hydrogen-bond donors (Lipinski definition) is 2. The summed E-state index contributed by atoms with van der Waals surface area (Å²) in [6.45, 7) is 10.4. The average Bonchev–Trinajstić information content (AvgIpc) is 2.75. The van der Waals surface area contributed by atoms with E-state index >= 15 is 0 Å². The number of piperazine rings is 1. The number of para-hydroxylation sites is 1. The summed E-state index contributed by atoms with van der Waals surface area (Å²) in [7, 11) is 3.43. The lowest BCUT2D eigenvalue weighted by atomic mass is 10.0. The average molecular weight is 547 g/mol. The quantitative estimate of drug-likeness (QED) is 0.201. The normalized spacial score (nSPS) is 14.9. The topological polar surface area (TPSA) is 78.4 Å². The zero-order chi connectivity index (χ0) is 21.8. The first-order valence-corrected chi connectivity index (χ1v) is 10.7. The maximum atomic E-state index is 11.9. The molecule has 9 heteroatoms. The van der Waals surface area contributed by atoms with E-state index in [0.717, 1.165) is 37.9 Å². The van der Waals surface area contributed by atoms with Gasteiger partial charge in [0.25, 0.3) is 0 Å². The minimum absolute atomic E-state index is 0. The molecule has 8 nitrogen and oxygen atoms in total. The first kappa shape index (κ1) is 27.4. The van der Waals surface area contributed by atoms with E-state index in [0.29, 0.717) is 38.8 Å². The molecule has 176 valence electrons. The van der Waals surface area contributed by atoms with Crippen molar-refractivity contribution in [1.29, 1.82) is 0 Å². The first-order chi connectivity index (χ1) is 14.5. The van der Waals surface area contributed by atoms with Gasteiger partial charge in [-0.15, -0.1) is 24.0 Å².